The lowest BCUT2D eigenvalue weighted by atomic mass is 10.2. The van der Waals surface area contributed by atoms with Crippen molar-refractivity contribution in [3.8, 4) is 0 Å². The highest BCUT2D eigenvalue weighted by Gasteiger charge is 2.22. The van der Waals surface area contributed by atoms with Gasteiger partial charge in [-0.25, -0.2) is 9.59 Å². The Labute approximate surface area is 108 Å². The molecule has 1 aromatic rings. The summed E-state index contributed by atoms with van der Waals surface area (Å²) < 4.78 is 0. The molecule has 3 amide bonds. The number of anilines is 1. The van der Waals surface area contributed by atoms with Crippen molar-refractivity contribution in [3.05, 3.63) is 11.4 Å². The molecule has 1 aromatic heterocycles. The number of carbonyl (C=O) groups excluding carboxylic acids is 2. The Morgan fingerprint density at radius 2 is 2.05 bits per heavy atom. The van der Waals surface area contributed by atoms with Gasteiger partial charge in [-0.1, -0.05) is 0 Å². The number of aryl methyl sites for hydroxylation is 2. The first kappa shape index (κ1) is 14.5. The van der Waals surface area contributed by atoms with E-state index in [9.17, 15) is 14.4 Å². The first-order valence-electron chi connectivity index (χ1n) is 5.41. The highest BCUT2D eigenvalue weighted by Crippen LogP contribution is 2.15. The molecule has 19 heavy (non-hydrogen) atoms. The number of nitrogens with two attached hydrogens (primary N) is 1. The number of primary amides is 1. The highest BCUT2D eigenvalue weighted by atomic mass is 16.4. The quantitative estimate of drug-likeness (QED) is 0.487. The van der Waals surface area contributed by atoms with E-state index in [2.05, 4.69) is 20.8 Å². The molecule has 0 spiro atoms. The number of carboxylic acids is 1. The number of hydrogen-bond donors (Lipinski definition) is 5. The van der Waals surface area contributed by atoms with E-state index < -0.39 is 30.4 Å². The molecule has 6 N–H and O–H groups in total. The number of carbonyl (C=O) groups is 3. The molecular weight excluding hydrogens is 254 g/mol. The Balaban J connectivity index is 2.68. The van der Waals surface area contributed by atoms with Crippen molar-refractivity contribution in [1.82, 2.24) is 15.5 Å². The van der Waals surface area contributed by atoms with Gasteiger partial charge in [0.05, 0.1) is 23.5 Å². The maximum Gasteiger partial charge on any atom is 0.326 e. The molecule has 0 saturated heterocycles. The van der Waals surface area contributed by atoms with Crippen molar-refractivity contribution in [2.45, 2.75) is 26.3 Å². The molecular formula is C10H15N5O4. The molecule has 0 fully saturated rings. The first-order valence-corrected chi connectivity index (χ1v) is 5.41. The molecule has 0 aliphatic carbocycles. The molecule has 0 unspecified atom stereocenters. The van der Waals surface area contributed by atoms with Crippen molar-refractivity contribution in [1.29, 1.82) is 0 Å². The Morgan fingerprint density at radius 3 is 2.47 bits per heavy atom. The fourth-order valence-electron chi connectivity index (χ4n) is 1.44. The zero-order valence-electron chi connectivity index (χ0n) is 10.5. The molecule has 9 heteroatoms. The lowest BCUT2D eigenvalue weighted by Gasteiger charge is -2.13. The van der Waals surface area contributed by atoms with Crippen LogP contribution in [0.4, 0.5) is 10.5 Å². The van der Waals surface area contributed by atoms with Gasteiger partial charge in [-0.15, -0.1) is 0 Å². The van der Waals surface area contributed by atoms with Gasteiger partial charge in [0.15, 0.2) is 0 Å². The summed E-state index contributed by atoms with van der Waals surface area (Å²) in [5, 5.41) is 20.0. The maximum absolute atomic E-state index is 11.6. The van der Waals surface area contributed by atoms with E-state index in [0.29, 0.717) is 17.1 Å². The van der Waals surface area contributed by atoms with Crippen LogP contribution in [0.3, 0.4) is 0 Å². The minimum Gasteiger partial charge on any atom is -0.480 e. The predicted octanol–water partition coefficient (Wildman–Crippen LogP) is -0.523. The number of rotatable bonds is 5. The number of nitrogens with one attached hydrogen (secondary N) is 3. The SMILES string of the molecule is Cc1n[nH]c(C)c1NC(=O)N[C@@H](CC(N)=O)C(=O)O. The van der Waals surface area contributed by atoms with E-state index in [-0.39, 0.29) is 0 Å². The highest BCUT2D eigenvalue weighted by molar-refractivity contribution is 5.94. The van der Waals surface area contributed by atoms with Gasteiger partial charge in [-0.3, -0.25) is 9.89 Å². The molecule has 1 heterocycles. The van der Waals surface area contributed by atoms with Crippen LogP contribution in [0.15, 0.2) is 0 Å². The van der Waals surface area contributed by atoms with Crippen LogP contribution in [-0.2, 0) is 9.59 Å². The number of aromatic amines is 1. The van der Waals surface area contributed by atoms with Crippen molar-refractivity contribution < 1.29 is 19.5 Å². The molecule has 0 saturated carbocycles. The van der Waals surface area contributed by atoms with Gasteiger partial charge in [0.2, 0.25) is 5.91 Å². The van der Waals surface area contributed by atoms with Crippen molar-refractivity contribution in [3.63, 3.8) is 0 Å². The summed E-state index contributed by atoms with van der Waals surface area (Å²) in [6.45, 7) is 3.38. The number of aromatic nitrogens is 2. The van der Waals surface area contributed by atoms with Crippen LogP contribution in [-0.4, -0.2) is 39.3 Å². The molecule has 9 nitrogen and oxygen atoms in total. The number of aliphatic carboxylic acids is 1. The Morgan fingerprint density at radius 1 is 1.42 bits per heavy atom. The zero-order valence-corrected chi connectivity index (χ0v) is 10.5. The summed E-state index contributed by atoms with van der Waals surface area (Å²) in [7, 11) is 0. The second-order valence-corrected chi connectivity index (χ2v) is 3.97. The van der Waals surface area contributed by atoms with Gasteiger partial charge >= 0.3 is 12.0 Å². The molecule has 104 valence electrons. The summed E-state index contributed by atoms with van der Waals surface area (Å²) in [6, 6.07) is -2.12. The van der Waals surface area contributed by atoms with E-state index in [1.165, 1.54) is 0 Å². The first-order chi connectivity index (χ1) is 8.81. The van der Waals surface area contributed by atoms with E-state index in [1.54, 1.807) is 13.8 Å². The number of nitrogens with zero attached hydrogens (tertiary/aromatic N) is 1. The largest absolute Gasteiger partial charge is 0.480 e. The third kappa shape index (κ3) is 3.98. The number of carboxylic acid groups (broad SMARTS) is 1. The fourth-order valence-corrected chi connectivity index (χ4v) is 1.44. The van der Waals surface area contributed by atoms with Crippen LogP contribution in [0, 0.1) is 13.8 Å². The smallest absolute Gasteiger partial charge is 0.326 e. The number of amides is 3. The van der Waals surface area contributed by atoms with Gasteiger partial charge < -0.3 is 21.5 Å². The molecule has 0 aliphatic heterocycles. The molecule has 1 atom stereocenters. The summed E-state index contributed by atoms with van der Waals surface area (Å²) in [6.07, 6.45) is -0.480. The number of urea groups is 1. The summed E-state index contributed by atoms with van der Waals surface area (Å²) >= 11 is 0. The van der Waals surface area contributed by atoms with E-state index in [0.717, 1.165) is 0 Å². The van der Waals surface area contributed by atoms with Crippen LogP contribution in [0.2, 0.25) is 0 Å². The van der Waals surface area contributed by atoms with E-state index >= 15 is 0 Å². The average molecular weight is 269 g/mol. The minimum atomic E-state index is -1.37. The molecule has 0 aliphatic rings. The van der Waals surface area contributed by atoms with Gasteiger partial charge in [-0.05, 0) is 13.8 Å². The van der Waals surface area contributed by atoms with Crippen molar-refractivity contribution in [2.24, 2.45) is 5.73 Å². The Hall–Kier alpha value is -2.58. The minimum absolute atomic E-state index is 0.459. The monoisotopic (exact) mass is 269 g/mol. The standard InChI is InChI=1S/C10H15N5O4/c1-4-8(5(2)15-14-4)13-10(19)12-6(9(17)18)3-7(11)16/h6H,3H2,1-2H3,(H2,11,16)(H,14,15)(H,17,18)(H2,12,13,19)/t6-/m0/s1. The molecule has 0 aromatic carbocycles. The van der Waals surface area contributed by atoms with E-state index in [1.807, 2.05) is 0 Å². The Bertz CT molecular complexity index is 491. The number of H-pyrrole nitrogens is 1. The van der Waals surface area contributed by atoms with Gasteiger partial charge in [0, 0.05) is 0 Å². The van der Waals surface area contributed by atoms with Crippen LogP contribution in [0.5, 0.6) is 0 Å². The maximum atomic E-state index is 11.6. The van der Waals surface area contributed by atoms with E-state index in [4.69, 9.17) is 10.8 Å². The summed E-state index contributed by atoms with van der Waals surface area (Å²) in [5.41, 5.74) is 6.56. The molecule has 0 radical (unpaired) electrons. The summed E-state index contributed by atoms with van der Waals surface area (Å²) in [5.74, 6) is -2.15. The average Bonchev–Trinajstić information content (AvgIpc) is 2.59. The third-order valence-electron chi connectivity index (χ3n) is 2.38. The number of hydrogen-bond acceptors (Lipinski definition) is 4. The van der Waals surface area contributed by atoms with Crippen LogP contribution in [0.25, 0.3) is 0 Å². The molecule has 0 bridgehead atoms. The lowest BCUT2D eigenvalue weighted by molar-refractivity contribution is -0.140. The van der Waals surface area contributed by atoms with Gasteiger partial charge in [0.25, 0.3) is 0 Å². The predicted molar refractivity (Wildman–Crippen MR) is 65.5 cm³/mol. The molecule has 1 rings (SSSR count). The second kappa shape index (κ2) is 5.85. The van der Waals surface area contributed by atoms with Crippen LogP contribution in [0.1, 0.15) is 17.8 Å². The van der Waals surface area contributed by atoms with Gasteiger partial charge in [0.1, 0.15) is 6.04 Å². The van der Waals surface area contributed by atoms with Crippen LogP contribution < -0.4 is 16.4 Å². The third-order valence-corrected chi connectivity index (χ3v) is 2.38. The topological polar surface area (TPSA) is 150 Å². The normalized spacial score (nSPS) is 11.7. The van der Waals surface area contributed by atoms with Crippen LogP contribution >= 0.6 is 0 Å². The summed E-state index contributed by atoms with van der Waals surface area (Å²) in [4.78, 5) is 33.2. The Kier molecular flexibility index (Phi) is 4.46. The fraction of sp³-hybridized carbons (Fsp3) is 0.400. The van der Waals surface area contributed by atoms with Gasteiger partial charge in [-0.2, -0.15) is 5.10 Å². The second-order valence-electron chi connectivity index (χ2n) is 3.97. The zero-order chi connectivity index (χ0) is 14.6. The van der Waals surface area contributed by atoms with Crippen molar-refractivity contribution >= 4 is 23.6 Å². The lowest BCUT2D eigenvalue weighted by Crippen LogP contribution is -2.45. The van der Waals surface area contributed by atoms with Crippen molar-refractivity contribution in [2.75, 3.05) is 5.32 Å².